The van der Waals surface area contributed by atoms with Gasteiger partial charge >= 0.3 is 5.97 Å². The number of nitro benzene ring substituents is 1. The SMILES string of the molecule is COc1ccc(-c2cc(=O)n(-c3cccc([N+](=O)[O-])c3)c(-c3c(O)ccc4ccccc34)c2C(=O)O)cc1. The van der Waals surface area contributed by atoms with Crippen LogP contribution in [-0.2, 0) is 0 Å². The molecule has 9 heteroatoms. The van der Waals surface area contributed by atoms with Gasteiger partial charge in [0.25, 0.3) is 11.2 Å². The molecule has 0 amide bonds. The van der Waals surface area contributed by atoms with Gasteiger partial charge < -0.3 is 14.9 Å². The van der Waals surface area contributed by atoms with Gasteiger partial charge in [-0.15, -0.1) is 0 Å². The van der Waals surface area contributed by atoms with Crippen molar-refractivity contribution in [2.75, 3.05) is 7.11 Å². The molecule has 5 aromatic rings. The van der Waals surface area contributed by atoms with Gasteiger partial charge in [-0.1, -0.05) is 48.5 Å². The van der Waals surface area contributed by atoms with Crippen molar-refractivity contribution >= 4 is 22.4 Å². The summed E-state index contributed by atoms with van der Waals surface area (Å²) in [4.78, 5) is 37.5. The number of nitrogens with zero attached hydrogens (tertiary/aromatic N) is 2. The number of rotatable bonds is 6. The highest BCUT2D eigenvalue weighted by atomic mass is 16.6. The van der Waals surface area contributed by atoms with Crippen LogP contribution in [0.1, 0.15) is 10.4 Å². The Balaban J connectivity index is 1.98. The summed E-state index contributed by atoms with van der Waals surface area (Å²) < 4.78 is 6.29. The number of phenols is 1. The Hall–Kier alpha value is -5.44. The van der Waals surface area contributed by atoms with E-state index in [2.05, 4.69) is 0 Å². The Kier molecular flexibility index (Phi) is 6.10. The van der Waals surface area contributed by atoms with Crippen molar-refractivity contribution in [3.63, 3.8) is 0 Å². The molecular formula is C29H20N2O7. The number of non-ortho nitro benzene ring substituents is 1. The third-order valence-corrected chi connectivity index (χ3v) is 6.28. The average Bonchev–Trinajstić information content (AvgIpc) is 2.92. The van der Waals surface area contributed by atoms with E-state index in [1.54, 1.807) is 54.6 Å². The normalized spacial score (nSPS) is 10.9. The zero-order valence-corrected chi connectivity index (χ0v) is 20.0. The Labute approximate surface area is 215 Å². The summed E-state index contributed by atoms with van der Waals surface area (Å²) >= 11 is 0. The van der Waals surface area contributed by atoms with Gasteiger partial charge in [-0.05, 0) is 40.6 Å². The average molecular weight is 508 g/mol. The van der Waals surface area contributed by atoms with E-state index < -0.39 is 16.5 Å². The van der Waals surface area contributed by atoms with Crippen LogP contribution in [0.2, 0.25) is 0 Å². The third-order valence-electron chi connectivity index (χ3n) is 6.28. The van der Waals surface area contributed by atoms with Crippen LogP contribution < -0.4 is 10.3 Å². The van der Waals surface area contributed by atoms with Gasteiger partial charge in [-0.3, -0.25) is 19.5 Å². The maximum atomic E-state index is 13.7. The minimum Gasteiger partial charge on any atom is -0.507 e. The number of fused-ring (bicyclic) bond motifs is 1. The van der Waals surface area contributed by atoms with Gasteiger partial charge in [0.1, 0.15) is 11.5 Å². The lowest BCUT2D eigenvalue weighted by atomic mass is 9.92. The molecule has 5 rings (SSSR count). The molecule has 38 heavy (non-hydrogen) atoms. The quantitative estimate of drug-likeness (QED) is 0.224. The van der Waals surface area contributed by atoms with E-state index in [9.17, 15) is 29.9 Å². The molecule has 0 aliphatic heterocycles. The first-order valence-corrected chi connectivity index (χ1v) is 11.4. The molecule has 0 aliphatic carbocycles. The predicted octanol–water partition coefficient (Wildman–Crippen LogP) is 5.65. The maximum Gasteiger partial charge on any atom is 0.338 e. The smallest absolute Gasteiger partial charge is 0.338 e. The fourth-order valence-corrected chi connectivity index (χ4v) is 4.57. The van der Waals surface area contributed by atoms with Crippen LogP contribution in [0.4, 0.5) is 5.69 Å². The molecule has 0 unspecified atom stereocenters. The molecule has 1 heterocycles. The van der Waals surface area contributed by atoms with Gasteiger partial charge in [0.15, 0.2) is 0 Å². The van der Waals surface area contributed by atoms with Crippen molar-refractivity contribution in [1.29, 1.82) is 0 Å². The molecule has 2 N–H and O–H groups in total. The second-order valence-corrected chi connectivity index (χ2v) is 8.45. The van der Waals surface area contributed by atoms with E-state index in [-0.39, 0.29) is 39.5 Å². The molecule has 0 saturated carbocycles. The number of methoxy groups -OCH3 is 1. The fraction of sp³-hybridized carbons (Fsp3) is 0.0345. The number of phenolic OH excluding ortho intramolecular Hbond substituents is 1. The fourth-order valence-electron chi connectivity index (χ4n) is 4.57. The number of aromatic nitrogens is 1. The van der Waals surface area contributed by atoms with Crippen LogP contribution in [-0.4, -0.2) is 32.8 Å². The first-order valence-electron chi connectivity index (χ1n) is 11.4. The van der Waals surface area contributed by atoms with E-state index in [0.717, 1.165) is 4.57 Å². The van der Waals surface area contributed by atoms with Crippen LogP contribution in [0.15, 0.2) is 95.8 Å². The van der Waals surface area contributed by atoms with Crippen molar-refractivity contribution in [3.8, 4) is 39.6 Å². The molecule has 4 aromatic carbocycles. The Morgan fingerprint density at radius 3 is 2.37 bits per heavy atom. The third kappa shape index (κ3) is 4.11. The number of aromatic carboxylic acids is 1. The molecular weight excluding hydrogens is 488 g/mol. The number of carboxylic acid groups (broad SMARTS) is 1. The van der Waals surface area contributed by atoms with Crippen molar-refractivity contribution in [1.82, 2.24) is 4.57 Å². The van der Waals surface area contributed by atoms with Crippen LogP contribution in [0, 0.1) is 10.1 Å². The standard InChI is InChI=1S/C29H20N2O7/c1-38-21-12-9-18(10-13-21)23-16-25(33)30(19-6-4-7-20(15-19)31(36)37)28(27(23)29(34)35)26-22-8-3-2-5-17(22)11-14-24(26)32/h2-16,32H,1H3,(H,34,35). The highest BCUT2D eigenvalue weighted by Crippen LogP contribution is 2.41. The Morgan fingerprint density at radius 2 is 1.68 bits per heavy atom. The number of hydrogen-bond acceptors (Lipinski definition) is 6. The van der Waals surface area contributed by atoms with E-state index in [0.29, 0.717) is 22.1 Å². The highest BCUT2D eigenvalue weighted by Gasteiger charge is 2.27. The number of hydrogen-bond donors (Lipinski definition) is 2. The molecule has 188 valence electrons. The number of benzene rings is 4. The van der Waals surface area contributed by atoms with E-state index in [1.165, 1.54) is 43.5 Å². The summed E-state index contributed by atoms with van der Waals surface area (Å²) in [5, 5.41) is 34.3. The summed E-state index contributed by atoms with van der Waals surface area (Å²) in [6, 6.07) is 23.2. The van der Waals surface area contributed by atoms with Crippen LogP contribution >= 0.6 is 0 Å². The summed E-state index contributed by atoms with van der Waals surface area (Å²) in [7, 11) is 1.50. The van der Waals surface area contributed by atoms with Crippen molar-refractivity contribution in [2.45, 2.75) is 0 Å². The number of nitro groups is 1. The van der Waals surface area contributed by atoms with Crippen LogP contribution in [0.3, 0.4) is 0 Å². The number of carboxylic acids is 1. The second kappa shape index (κ2) is 9.55. The number of carbonyl (C=O) groups is 1. The Bertz CT molecular complexity index is 1790. The van der Waals surface area contributed by atoms with Crippen LogP contribution in [0.25, 0.3) is 38.8 Å². The molecule has 0 fully saturated rings. The molecule has 0 bridgehead atoms. The second-order valence-electron chi connectivity index (χ2n) is 8.45. The van der Waals surface area contributed by atoms with Crippen molar-refractivity contribution in [3.05, 3.63) is 117 Å². The number of pyridine rings is 1. The van der Waals surface area contributed by atoms with Crippen molar-refractivity contribution in [2.24, 2.45) is 0 Å². The molecule has 0 saturated heterocycles. The number of ether oxygens (including phenoxy) is 1. The molecule has 0 radical (unpaired) electrons. The summed E-state index contributed by atoms with van der Waals surface area (Å²) in [6.07, 6.45) is 0. The zero-order valence-electron chi connectivity index (χ0n) is 20.0. The Morgan fingerprint density at radius 1 is 0.947 bits per heavy atom. The summed E-state index contributed by atoms with van der Waals surface area (Å²) in [6.45, 7) is 0. The lowest BCUT2D eigenvalue weighted by Crippen LogP contribution is -2.23. The first kappa shape index (κ1) is 24.3. The lowest BCUT2D eigenvalue weighted by molar-refractivity contribution is -0.384. The van der Waals surface area contributed by atoms with Gasteiger partial charge in [-0.2, -0.15) is 0 Å². The highest BCUT2D eigenvalue weighted by molar-refractivity contribution is 6.08. The minimum atomic E-state index is -1.35. The molecule has 0 aliphatic rings. The first-order chi connectivity index (χ1) is 18.3. The molecule has 0 spiro atoms. The summed E-state index contributed by atoms with van der Waals surface area (Å²) in [5.74, 6) is -1.06. The zero-order chi connectivity index (χ0) is 27.0. The maximum absolute atomic E-state index is 13.7. The monoisotopic (exact) mass is 508 g/mol. The topological polar surface area (TPSA) is 132 Å². The van der Waals surface area contributed by atoms with E-state index >= 15 is 0 Å². The number of aromatic hydroxyl groups is 1. The largest absolute Gasteiger partial charge is 0.507 e. The van der Waals surface area contributed by atoms with E-state index in [4.69, 9.17) is 4.74 Å². The molecule has 1 aromatic heterocycles. The van der Waals surface area contributed by atoms with Gasteiger partial charge in [0.05, 0.1) is 29.0 Å². The van der Waals surface area contributed by atoms with Crippen molar-refractivity contribution < 1.29 is 24.7 Å². The molecule has 9 nitrogen and oxygen atoms in total. The summed E-state index contributed by atoms with van der Waals surface area (Å²) in [5.41, 5.74) is -0.530. The van der Waals surface area contributed by atoms with Gasteiger partial charge in [0, 0.05) is 29.3 Å². The van der Waals surface area contributed by atoms with Gasteiger partial charge in [-0.25, -0.2) is 4.79 Å². The minimum absolute atomic E-state index is 0.0790. The van der Waals surface area contributed by atoms with Crippen LogP contribution in [0.5, 0.6) is 11.5 Å². The molecule has 0 atom stereocenters. The van der Waals surface area contributed by atoms with E-state index in [1.807, 2.05) is 0 Å². The van der Waals surface area contributed by atoms with Gasteiger partial charge in [0.2, 0.25) is 0 Å². The lowest BCUT2D eigenvalue weighted by Gasteiger charge is -2.21. The predicted molar refractivity (Wildman–Crippen MR) is 142 cm³/mol.